The number of pyridine rings is 1. The van der Waals surface area contributed by atoms with E-state index in [4.69, 9.17) is 5.73 Å². The van der Waals surface area contributed by atoms with Gasteiger partial charge in [-0.25, -0.2) is 0 Å². The van der Waals surface area contributed by atoms with Gasteiger partial charge in [0, 0.05) is 37.0 Å². The summed E-state index contributed by atoms with van der Waals surface area (Å²) in [6.45, 7) is 3.65. The summed E-state index contributed by atoms with van der Waals surface area (Å²) < 4.78 is 4.29. The van der Waals surface area contributed by atoms with Crippen LogP contribution in [0.4, 0.5) is 10.8 Å². The lowest BCUT2D eigenvalue weighted by atomic mass is 10.0. The smallest absolute Gasteiger partial charge is 0.147 e. The van der Waals surface area contributed by atoms with Gasteiger partial charge in [-0.15, -0.1) is 0 Å². The maximum absolute atomic E-state index is 9.73. The van der Waals surface area contributed by atoms with Crippen molar-refractivity contribution < 1.29 is 5.11 Å². The molecule has 1 saturated heterocycles. The van der Waals surface area contributed by atoms with E-state index in [9.17, 15) is 5.11 Å². The molecule has 2 aromatic heterocycles. The minimum absolute atomic E-state index is 0.271. The number of rotatable bonds is 3. The fourth-order valence-corrected chi connectivity index (χ4v) is 3.53. The van der Waals surface area contributed by atoms with Gasteiger partial charge >= 0.3 is 0 Å². The van der Waals surface area contributed by atoms with Crippen molar-refractivity contribution in [1.29, 1.82) is 0 Å². The zero-order valence-corrected chi connectivity index (χ0v) is 12.2. The lowest BCUT2D eigenvalue weighted by Crippen LogP contribution is -2.23. The van der Waals surface area contributed by atoms with Gasteiger partial charge in [0.15, 0.2) is 0 Å². The summed E-state index contributed by atoms with van der Waals surface area (Å²) in [5.74, 6) is 0.874. The van der Waals surface area contributed by atoms with E-state index in [0.717, 1.165) is 35.6 Å². The Balaban J connectivity index is 1.93. The summed E-state index contributed by atoms with van der Waals surface area (Å²) >= 11 is 1.42. The molecule has 0 radical (unpaired) electrons. The van der Waals surface area contributed by atoms with Crippen LogP contribution in [0.5, 0.6) is 0 Å². The Hall–Kier alpha value is -1.66. The molecule has 0 amide bonds. The highest BCUT2D eigenvalue weighted by Gasteiger charge is 2.29. The van der Waals surface area contributed by atoms with Gasteiger partial charge in [0.2, 0.25) is 0 Å². The fraction of sp³-hybridized carbons (Fsp3) is 0.429. The minimum atomic E-state index is -0.271. The summed E-state index contributed by atoms with van der Waals surface area (Å²) in [5, 5.41) is 10.8. The molecule has 3 heterocycles. The molecule has 3 rings (SSSR count). The topological polar surface area (TPSA) is 75.3 Å². The highest BCUT2D eigenvalue weighted by molar-refractivity contribution is 7.11. The van der Waals surface area contributed by atoms with Crippen molar-refractivity contribution in [3.8, 4) is 11.1 Å². The summed E-state index contributed by atoms with van der Waals surface area (Å²) in [7, 11) is 0. The van der Waals surface area contributed by atoms with Crippen molar-refractivity contribution in [2.75, 3.05) is 23.7 Å². The molecule has 2 aromatic rings. The molecule has 0 bridgehead atoms. The van der Waals surface area contributed by atoms with Gasteiger partial charge in [0.25, 0.3) is 0 Å². The second-order valence-electron chi connectivity index (χ2n) is 5.23. The molecule has 2 unspecified atom stereocenters. The Morgan fingerprint density at radius 3 is 3.05 bits per heavy atom. The third kappa shape index (κ3) is 2.36. The highest BCUT2D eigenvalue weighted by atomic mass is 32.1. The zero-order valence-electron chi connectivity index (χ0n) is 11.4. The molecule has 2 atom stereocenters. The van der Waals surface area contributed by atoms with Crippen molar-refractivity contribution in [2.24, 2.45) is 5.92 Å². The molecule has 20 heavy (non-hydrogen) atoms. The number of nitrogens with two attached hydrogens (primary N) is 1. The van der Waals surface area contributed by atoms with Crippen molar-refractivity contribution in [3.63, 3.8) is 0 Å². The molecule has 106 valence electrons. The van der Waals surface area contributed by atoms with Gasteiger partial charge in [0.1, 0.15) is 10.8 Å². The van der Waals surface area contributed by atoms with Gasteiger partial charge < -0.3 is 15.7 Å². The van der Waals surface area contributed by atoms with Crippen molar-refractivity contribution in [1.82, 2.24) is 9.36 Å². The number of hydrogen-bond acceptors (Lipinski definition) is 6. The number of nitrogen functional groups attached to an aromatic ring is 1. The Bertz CT molecular complexity index is 584. The predicted octanol–water partition coefficient (Wildman–Crippen LogP) is 1.99. The molecule has 0 aliphatic carbocycles. The lowest BCUT2D eigenvalue weighted by Gasteiger charge is -2.19. The van der Waals surface area contributed by atoms with Crippen LogP contribution in [-0.2, 0) is 0 Å². The average molecular weight is 290 g/mol. The molecule has 6 heteroatoms. The third-order valence-electron chi connectivity index (χ3n) is 3.84. The SMILES string of the molecule is CC(O)C1CCN(c2snc(N)c2-c2cccnc2)C1. The molecule has 0 spiro atoms. The first kappa shape index (κ1) is 13.3. The highest BCUT2D eigenvalue weighted by Crippen LogP contribution is 2.41. The van der Waals surface area contributed by atoms with Crippen LogP contribution in [0.3, 0.4) is 0 Å². The maximum atomic E-state index is 9.73. The number of hydrogen-bond donors (Lipinski definition) is 2. The summed E-state index contributed by atoms with van der Waals surface area (Å²) in [4.78, 5) is 6.43. The van der Waals surface area contributed by atoms with E-state index in [0.29, 0.717) is 11.7 Å². The molecule has 1 aliphatic heterocycles. The van der Waals surface area contributed by atoms with E-state index < -0.39 is 0 Å². The molecule has 5 nitrogen and oxygen atoms in total. The second-order valence-corrected chi connectivity index (χ2v) is 5.98. The Morgan fingerprint density at radius 2 is 2.40 bits per heavy atom. The van der Waals surface area contributed by atoms with Gasteiger partial charge in [-0.2, -0.15) is 4.37 Å². The molecular weight excluding hydrogens is 272 g/mol. The normalized spacial score (nSPS) is 20.3. The summed E-state index contributed by atoms with van der Waals surface area (Å²) in [6.07, 6.45) is 4.29. The number of aliphatic hydroxyl groups excluding tert-OH is 1. The van der Waals surface area contributed by atoms with E-state index in [1.807, 2.05) is 25.3 Å². The van der Waals surface area contributed by atoms with Crippen molar-refractivity contribution in [3.05, 3.63) is 24.5 Å². The van der Waals surface area contributed by atoms with Crippen molar-refractivity contribution >= 4 is 22.4 Å². The van der Waals surface area contributed by atoms with Crippen LogP contribution < -0.4 is 10.6 Å². The van der Waals surface area contributed by atoms with Crippen LogP contribution in [0, 0.1) is 5.92 Å². The van der Waals surface area contributed by atoms with Gasteiger partial charge in [-0.1, -0.05) is 6.07 Å². The standard InChI is InChI=1S/C14H18N4OS/c1-9(19)11-4-6-18(8-11)14-12(13(15)17-20-14)10-3-2-5-16-7-10/h2-3,5,7,9,11,19H,4,6,8H2,1H3,(H2,15,17). The van der Waals surface area contributed by atoms with E-state index in [1.165, 1.54) is 11.5 Å². The Labute approximate surface area is 122 Å². The second kappa shape index (κ2) is 5.38. The molecule has 0 aromatic carbocycles. The van der Waals surface area contributed by atoms with Gasteiger partial charge in [0.05, 0.1) is 11.7 Å². The van der Waals surface area contributed by atoms with Crippen LogP contribution in [0.2, 0.25) is 0 Å². The predicted molar refractivity (Wildman–Crippen MR) is 81.8 cm³/mol. The number of nitrogens with zero attached hydrogens (tertiary/aromatic N) is 3. The summed E-state index contributed by atoms with van der Waals surface area (Å²) in [5.41, 5.74) is 7.99. The molecule has 3 N–H and O–H groups in total. The zero-order chi connectivity index (χ0) is 14.1. The van der Waals surface area contributed by atoms with E-state index in [-0.39, 0.29) is 6.10 Å². The van der Waals surface area contributed by atoms with Gasteiger partial charge in [-0.3, -0.25) is 4.98 Å². The first-order valence-corrected chi connectivity index (χ1v) is 7.52. The van der Waals surface area contributed by atoms with E-state index >= 15 is 0 Å². The van der Waals surface area contributed by atoms with Crippen LogP contribution in [0.25, 0.3) is 11.1 Å². The van der Waals surface area contributed by atoms with Crippen LogP contribution in [0.1, 0.15) is 13.3 Å². The van der Waals surface area contributed by atoms with Crippen LogP contribution in [0.15, 0.2) is 24.5 Å². The number of anilines is 2. The molecular formula is C14H18N4OS. The third-order valence-corrected chi connectivity index (χ3v) is 4.77. The lowest BCUT2D eigenvalue weighted by molar-refractivity contribution is 0.136. The average Bonchev–Trinajstić information content (AvgIpc) is 3.06. The summed E-state index contributed by atoms with van der Waals surface area (Å²) in [6, 6.07) is 3.90. The monoisotopic (exact) mass is 290 g/mol. The van der Waals surface area contributed by atoms with Crippen molar-refractivity contribution in [2.45, 2.75) is 19.4 Å². The molecule has 0 saturated carbocycles. The minimum Gasteiger partial charge on any atom is -0.393 e. The first-order chi connectivity index (χ1) is 9.66. The first-order valence-electron chi connectivity index (χ1n) is 6.75. The Kier molecular flexibility index (Phi) is 3.58. The Morgan fingerprint density at radius 1 is 1.55 bits per heavy atom. The largest absolute Gasteiger partial charge is 0.393 e. The quantitative estimate of drug-likeness (QED) is 0.904. The maximum Gasteiger partial charge on any atom is 0.147 e. The molecule has 1 aliphatic rings. The van der Waals surface area contributed by atoms with Crippen LogP contribution >= 0.6 is 11.5 Å². The van der Waals surface area contributed by atoms with E-state index in [1.54, 1.807) is 6.20 Å². The van der Waals surface area contributed by atoms with E-state index in [2.05, 4.69) is 14.3 Å². The fourth-order valence-electron chi connectivity index (χ4n) is 2.66. The van der Waals surface area contributed by atoms with Gasteiger partial charge in [-0.05, 0) is 30.9 Å². The number of aromatic nitrogens is 2. The van der Waals surface area contributed by atoms with Crippen LogP contribution in [-0.4, -0.2) is 33.7 Å². The molecule has 1 fully saturated rings. The number of aliphatic hydroxyl groups is 1.